The summed E-state index contributed by atoms with van der Waals surface area (Å²) in [6.07, 6.45) is 2.83. The van der Waals surface area contributed by atoms with Gasteiger partial charge < -0.3 is 10.0 Å². The third-order valence-electron chi connectivity index (χ3n) is 3.97. The van der Waals surface area contributed by atoms with Crippen molar-refractivity contribution in [2.24, 2.45) is 11.8 Å². The van der Waals surface area contributed by atoms with E-state index in [9.17, 15) is 9.90 Å². The van der Waals surface area contributed by atoms with Gasteiger partial charge >= 0.3 is 5.97 Å². The Bertz CT molecular complexity index is 458. The molecule has 0 saturated carbocycles. The van der Waals surface area contributed by atoms with Crippen molar-refractivity contribution < 1.29 is 9.90 Å². The van der Waals surface area contributed by atoms with Gasteiger partial charge in [0.25, 0.3) is 0 Å². The van der Waals surface area contributed by atoms with E-state index in [1.807, 2.05) is 0 Å². The molecule has 106 valence electrons. The second kappa shape index (κ2) is 5.90. The zero-order chi connectivity index (χ0) is 14.0. The van der Waals surface area contributed by atoms with Crippen LogP contribution in [0.3, 0.4) is 0 Å². The maximum atomic E-state index is 11.3. The third-order valence-corrected chi connectivity index (χ3v) is 5.12. The Labute approximate surface area is 118 Å². The SMILES string of the molecule is CCCc1nc(N2CCC(C)C(C)C2)sc1C(=O)O. The monoisotopic (exact) mass is 282 g/mol. The highest BCUT2D eigenvalue weighted by Gasteiger charge is 2.26. The fraction of sp³-hybridized carbons (Fsp3) is 0.714. The van der Waals surface area contributed by atoms with E-state index in [0.29, 0.717) is 10.8 Å². The van der Waals surface area contributed by atoms with Gasteiger partial charge in [0.2, 0.25) is 0 Å². The summed E-state index contributed by atoms with van der Waals surface area (Å²) in [5.41, 5.74) is 0.751. The maximum absolute atomic E-state index is 11.3. The van der Waals surface area contributed by atoms with E-state index in [1.165, 1.54) is 11.3 Å². The number of aromatic carboxylic acids is 1. The number of hydrogen-bond donors (Lipinski definition) is 1. The Morgan fingerprint density at radius 3 is 2.79 bits per heavy atom. The number of aryl methyl sites for hydroxylation is 1. The number of rotatable bonds is 4. The van der Waals surface area contributed by atoms with Crippen LogP contribution in [0.2, 0.25) is 0 Å². The lowest BCUT2D eigenvalue weighted by Crippen LogP contribution is -2.38. The van der Waals surface area contributed by atoms with E-state index in [4.69, 9.17) is 0 Å². The smallest absolute Gasteiger partial charge is 0.347 e. The number of hydrogen-bond acceptors (Lipinski definition) is 4. The molecule has 1 aromatic heterocycles. The van der Waals surface area contributed by atoms with Crippen LogP contribution in [0.15, 0.2) is 0 Å². The molecule has 2 unspecified atom stereocenters. The van der Waals surface area contributed by atoms with Gasteiger partial charge in [-0.15, -0.1) is 0 Å². The van der Waals surface area contributed by atoms with Crippen molar-refractivity contribution in [1.82, 2.24) is 4.98 Å². The van der Waals surface area contributed by atoms with Crippen LogP contribution in [-0.2, 0) is 6.42 Å². The number of carboxylic acids is 1. The van der Waals surface area contributed by atoms with Crippen LogP contribution in [0.25, 0.3) is 0 Å². The Morgan fingerprint density at radius 1 is 1.47 bits per heavy atom. The molecular formula is C14H22N2O2S. The van der Waals surface area contributed by atoms with Gasteiger partial charge in [0.05, 0.1) is 5.69 Å². The molecule has 0 spiro atoms. The van der Waals surface area contributed by atoms with Gasteiger partial charge in [-0.25, -0.2) is 9.78 Å². The quantitative estimate of drug-likeness (QED) is 0.921. The molecule has 19 heavy (non-hydrogen) atoms. The minimum atomic E-state index is -0.842. The van der Waals surface area contributed by atoms with Crippen LogP contribution in [-0.4, -0.2) is 29.1 Å². The molecule has 2 rings (SSSR count). The number of aromatic nitrogens is 1. The molecule has 1 aliphatic heterocycles. The molecule has 1 saturated heterocycles. The van der Waals surface area contributed by atoms with Gasteiger partial charge in [0.15, 0.2) is 5.13 Å². The molecule has 5 heteroatoms. The largest absolute Gasteiger partial charge is 0.477 e. The molecule has 0 aromatic carbocycles. The summed E-state index contributed by atoms with van der Waals surface area (Å²) >= 11 is 1.33. The first-order valence-electron chi connectivity index (χ1n) is 7.00. The average molecular weight is 282 g/mol. The van der Waals surface area contributed by atoms with Gasteiger partial charge in [0, 0.05) is 13.1 Å². The summed E-state index contributed by atoms with van der Waals surface area (Å²) in [6.45, 7) is 8.57. The molecule has 1 aromatic rings. The molecular weight excluding hydrogens is 260 g/mol. The summed E-state index contributed by atoms with van der Waals surface area (Å²) in [5.74, 6) is 0.538. The Balaban J connectivity index is 2.20. The maximum Gasteiger partial charge on any atom is 0.347 e. The average Bonchev–Trinajstić information content (AvgIpc) is 2.77. The molecule has 0 radical (unpaired) electrons. The van der Waals surface area contributed by atoms with E-state index < -0.39 is 5.97 Å². The van der Waals surface area contributed by atoms with Crippen LogP contribution >= 0.6 is 11.3 Å². The normalized spacial score (nSPS) is 23.6. The van der Waals surface area contributed by atoms with Crippen LogP contribution in [0.4, 0.5) is 5.13 Å². The number of thiazole rings is 1. The van der Waals surface area contributed by atoms with Crippen molar-refractivity contribution in [1.29, 1.82) is 0 Å². The van der Waals surface area contributed by atoms with Crippen molar-refractivity contribution >= 4 is 22.4 Å². The number of carbonyl (C=O) groups is 1. The molecule has 2 atom stereocenters. The van der Waals surface area contributed by atoms with Crippen molar-refractivity contribution in [2.75, 3.05) is 18.0 Å². The van der Waals surface area contributed by atoms with Crippen LogP contribution in [0, 0.1) is 11.8 Å². The Morgan fingerprint density at radius 2 is 2.21 bits per heavy atom. The number of carboxylic acid groups (broad SMARTS) is 1. The van der Waals surface area contributed by atoms with Gasteiger partial charge in [0.1, 0.15) is 4.88 Å². The highest BCUT2D eigenvalue weighted by molar-refractivity contribution is 7.17. The lowest BCUT2D eigenvalue weighted by Gasteiger charge is -2.35. The summed E-state index contributed by atoms with van der Waals surface area (Å²) in [4.78, 5) is 18.5. The predicted molar refractivity (Wildman–Crippen MR) is 78.2 cm³/mol. The predicted octanol–water partition coefficient (Wildman–Crippen LogP) is 3.28. The second-order valence-corrected chi connectivity index (χ2v) is 6.49. The Hall–Kier alpha value is -1.10. The number of nitrogens with zero attached hydrogens (tertiary/aromatic N) is 2. The third kappa shape index (κ3) is 3.08. The second-order valence-electron chi connectivity index (χ2n) is 5.52. The van der Waals surface area contributed by atoms with Crippen LogP contribution in [0.1, 0.15) is 49.0 Å². The summed E-state index contributed by atoms with van der Waals surface area (Å²) in [5, 5.41) is 10.1. The van der Waals surface area contributed by atoms with Crippen molar-refractivity contribution in [3.63, 3.8) is 0 Å². The van der Waals surface area contributed by atoms with Crippen molar-refractivity contribution in [2.45, 2.75) is 40.0 Å². The van der Waals surface area contributed by atoms with Crippen molar-refractivity contribution in [3.05, 3.63) is 10.6 Å². The summed E-state index contributed by atoms with van der Waals surface area (Å²) in [6, 6.07) is 0. The minimum Gasteiger partial charge on any atom is -0.477 e. The van der Waals surface area contributed by atoms with E-state index in [1.54, 1.807) is 0 Å². The zero-order valence-corrected chi connectivity index (χ0v) is 12.7. The fourth-order valence-electron chi connectivity index (χ4n) is 2.48. The van der Waals surface area contributed by atoms with E-state index in [2.05, 4.69) is 30.7 Å². The molecule has 1 N–H and O–H groups in total. The molecule has 0 amide bonds. The first kappa shape index (κ1) is 14.3. The van der Waals surface area contributed by atoms with E-state index in [-0.39, 0.29) is 0 Å². The molecule has 0 bridgehead atoms. The lowest BCUT2D eigenvalue weighted by atomic mass is 9.89. The van der Waals surface area contributed by atoms with Gasteiger partial charge in [-0.05, 0) is 24.7 Å². The zero-order valence-electron chi connectivity index (χ0n) is 11.8. The Kier molecular flexibility index (Phi) is 4.45. The van der Waals surface area contributed by atoms with Gasteiger partial charge in [-0.2, -0.15) is 0 Å². The van der Waals surface area contributed by atoms with Gasteiger partial charge in [-0.1, -0.05) is 38.5 Å². The van der Waals surface area contributed by atoms with Crippen LogP contribution in [0.5, 0.6) is 0 Å². The standard InChI is InChI=1S/C14H22N2O2S/c1-4-5-11-12(13(17)18)19-14(15-11)16-7-6-9(2)10(3)8-16/h9-10H,4-8H2,1-3H3,(H,17,18). The molecule has 2 heterocycles. The molecule has 1 aliphatic rings. The van der Waals surface area contributed by atoms with Crippen LogP contribution < -0.4 is 4.90 Å². The van der Waals surface area contributed by atoms with E-state index in [0.717, 1.165) is 49.1 Å². The lowest BCUT2D eigenvalue weighted by molar-refractivity contribution is 0.0700. The topological polar surface area (TPSA) is 53.4 Å². The minimum absolute atomic E-state index is 0.420. The molecule has 0 aliphatic carbocycles. The highest BCUT2D eigenvalue weighted by atomic mass is 32.1. The summed E-state index contributed by atoms with van der Waals surface area (Å²) in [7, 11) is 0. The van der Waals surface area contributed by atoms with Gasteiger partial charge in [-0.3, -0.25) is 0 Å². The van der Waals surface area contributed by atoms with Crippen molar-refractivity contribution in [3.8, 4) is 0 Å². The number of anilines is 1. The molecule has 1 fully saturated rings. The number of piperidine rings is 1. The first-order valence-corrected chi connectivity index (χ1v) is 7.82. The highest BCUT2D eigenvalue weighted by Crippen LogP contribution is 2.32. The fourth-order valence-corrected chi connectivity index (χ4v) is 3.47. The first-order chi connectivity index (χ1) is 9.02. The summed E-state index contributed by atoms with van der Waals surface area (Å²) < 4.78 is 0. The molecule has 4 nitrogen and oxygen atoms in total. The van der Waals surface area contributed by atoms with E-state index >= 15 is 0 Å².